The highest BCUT2D eigenvalue weighted by atomic mass is 16.5. The van der Waals surface area contributed by atoms with Crippen LogP contribution in [0.5, 0.6) is 11.5 Å². The number of hydrogen-bond donors (Lipinski definition) is 1. The van der Waals surface area contributed by atoms with Gasteiger partial charge in [0.05, 0.1) is 17.4 Å². The van der Waals surface area contributed by atoms with Crippen LogP contribution in [0.15, 0.2) is 54.9 Å². The largest absolute Gasteiger partial charge is 0.455 e. The van der Waals surface area contributed by atoms with Crippen molar-refractivity contribution >= 4 is 10.9 Å². The zero-order valence-electron chi connectivity index (χ0n) is 11.2. The number of hydrogen-bond acceptors (Lipinski definition) is 4. The maximum atomic E-state index is 5.88. The molecule has 4 heteroatoms. The van der Waals surface area contributed by atoms with Crippen molar-refractivity contribution in [2.75, 3.05) is 0 Å². The molecule has 3 rings (SSSR count). The average molecular weight is 265 g/mol. The average Bonchev–Trinajstić information content (AvgIpc) is 2.48. The number of fused-ring (bicyclic) bond motifs is 1. The molecule has 0 bridgehead atoms. The van der Waals surface area contributed by atoms with E-state index >= 15 is 0 Å². The third kappa shape index (κ3) is 2.46. The van der Waals surface area contributed by atoms with E-state index in [-0.39, 0.29) is 6.04 Å². The van der Waals surface area contributed by atoms with Crippen LogP contribution >= 0.6 is 0 Å². The molecule has 1 aromatic carbocycles. The zero-order valence-corrected chi connectivity index (χ0v) is 11.2. The van der Waals surface area contributed by atoms with Gasteiger partial charge in [-0.05, 0) is 43.3 Å². The molecule has 1 atom stereocenters. The highest BCUT2D eigenvalue weighted by molar-refractivity contribution is 5.85. The molecule has 0 saturated carbocycles. The number of pyridine rings is 2. The maximum Gasteiger partial charge on any atom is 0.145 e. The van der Waals surface area contributed by atoms with Crippen LogP contribution < -0.4 is 10.5 Å². The van der Waals surface area contributed by atoms with Crippen molar-refractivity contribution < 1.29 is 4.74 Å². The lowest BCUT2D eigenvalue weighted by Gasteiger charge is -2.09. The van der Waals surface area contributed by atoms with Gasteiger partial charge in [-0.15, -0.1) is 0 Å². The van der Waals surface area contributed by atoms with Crippen molar-refractivity contribution in [1.82, 2.24) is 9.97 Å². The Morgan fingerprint density at radius 3 is 2.70 bits per heavy atom. The van der Waals surface area contributed by atoms with Crippen LogP contribution in [-0.2, 0) is 0 Å². The van der Waals surface area contributed by atoms with Crippen molar-refractivity contribution in [1.29, 1.82) is 0 Å². The first-order chi connectivity index (χ1) is 9.74. The van der Waals surface area contributed by atoms with Crippen molar-refractivity contribution in [2.45, 2.75) is 13.0 Å². The van der Waals surface area contributed by atoms with Gasteiger partial charge < -0.3 is 10.5 Å². The smallest absolute Gasteiger partial charge is 0.145 e. The Bertz CT molecular complexity index is 718. The fourth-order valence-electron chi connectivity index (χ4n) is 2.01. The van der Waals surface area contributed by atoms with Crippen LogP contribution in [0.4, 0.5) is 0 Å². The summed E-state index contributed by atoms with van der Waals surface area (Å²) in [6, 6.07) is 13.4. The molecule has 2 N–H and O–H groups in total. The van der Waals surface area contributed by atoms with Crippen molar-refractivity contribution in [3.8, 4) is 11.5 Å². The molecule has 0 aliphatic heterocycles. The summed E-state index contributed by atoms with van der Waals surface area (Å²) in [5.74, 6) is 1.46. The van der Waals surface area contributed by atoms with Gasteiger partial charge in [-0.25, -0.2) is 0 Å². The molecular formula is C16H15N3O. The van der Waals surface area contributed by atoms with Crippen molar-refractivity contribution in [2.24, 2.45) is 5.73 Å². The standard InChI is InChI=1S/C16H15N3O/c1-11(17)14-8-7-12(10-19-14)20-16-6-2-5-15-13(16)4-3-9-18-15/h2-11H,17H2,1H3/t11-/m0/s1. The Labute approximate surface area is 117 Å². The molecule has 3 aromatic rings. The summed E-state index contributed by atoms with van der Waals surface area (Å²) in [6.07, 6.45) is 3.46. The minimum Gasteiger partial charge on any atom is -0.455 e. The van der Waals surface area contributed by atoms with Gasteiger partial charge in [0, 0.05) is 17.6 Å². The topological polar surface area (TPSA) is 61.0 Å². The predicted octanol–water partition coefficient (Wildman–Crippen LogP) is 3.44. The molecule has 100 valence electrons. The second-order valence-corrected chi connectivity index (χ2v) is 4.64. The predicted molar refractivity (Wildman–Crippen MR) is 78.7 cm³/mol. The number of rotatable bonds is 3. The first-order valence-electron chi connectivity index (χ1n) is 6.47. The summed E-state index contributed by atoms with van der Waals surface area (Å²) in [6.45, 7) is 1.90. The van der Waals surface area contributed by atoms with E-state index in [2.05, 4.69) is 9.97 Å². The van der Waals surface area contributed by atoms with E-state index in [4.69, 9.17) is 10.5 Å². The van der Waals surface area contributed by atoms with Crippen LogP contribution in [0.1, 0.15) is 18.7 Å². The first kappa shape index (κ1) is 12.6. The summed E-state index contributed by atoms with van der Waals surface area (Å²) in [5.41, 5.74) is 7.53. The number of nitrogens with two attached hydrogens (primary N) is 1. The number of benzene rings is 1. The molecule has 20 heavy (non-hydrogen) atoms. The van der Waals surface area contributed by atoms with Crippen molar-refractivity contribution in [3.63, 3.8) is 0 Å². The van der Waals surface area contributed by atoms with E-state index in [9.17, 15) is 0 Å². The Morgan fingerprint density at radius 2 is 1.95 bits per heavy atom. The maximum absolute atomic E-state index is 5.88. The summed E-state index contributed by atoms with van der Waals surface area (Å²) in [7, 11) is 0. The van der Waals surface area contributed by atoms with Gasteiger partial charge in [-0.3, -0.25) is 9.97 Å². The lowest BCUT2D eigenvalue weighted by atomic mass is 10.2. The van der Waals surface area contributed by atoms with E-state index in [0.29, 0.717) is 5.75 Å². The minimum atomic E-state index is -0.0780. The fourth-order valence-corrected chi connectivity index (χ4v) is 2.01. The molecule has 0 unspecified atom stereocenters. The fraction of sp³-hybridized carbons (Fsp3) is 0.125. The van der Waals surface area contributed by atoms with Gasteiger partial charge in [0.1, 0.15) is 11.5 Å². The van der Waals surface area contributed by atoms with Gasteiger partial charge in [-0.2, -0.15) is 0 Å². The summed E-state index contributed by atoms with van der Waals surface area (Å²) >= 11 is 0. The Balaban J connectivity index is 1.93. The molecule has 0 spiro atoms. The van der Waals surface area contributed by atoms with Gasteiger partial charge in [0.15, 0.2) is 0 Å². The van der Waals surface area contributed by atoms with Crippen molar-refractivity contribution in [3.05, 3.63) is 60.6 Å². The van der Waals surface area contributed by atoms with Gasteiger partial charge in [0.2, 0.25) is 0 Å². The molecule has 0 fully saturated rings. The van der Waals surface area contributed by atoms with E-state index < -0.39 is 0 Å². The van der Waals surface area contributed by atoms with Gasteiger partial charge in [0.25, 0.3) is 0 Å². The van der Waals surface area contributed by atoms with E-state index in [1.807, 2.05) is 49.4 Å². The number of nitrogens with zero attached hydrogens (tertiary/aromatic N) is 2. The van der Waals surface area contributed by atoms with Crippen LogP contribution in [0, 0.1) is 0 Å². The Morgan fingerprint density at radius 1 is 1.05 bits per heavy atom. The summed E-state index contributed by atoms with van der Waals surface area (Å²) < 4.78 is 5.88. The van der Waals surface area contributed by atoms with Gasteiger partial charge in [-0.1, -0.05) is 6.07 Å². The molecule has 0 aliphatic rings. The third-order valence-corrected chi connectivity index (χ3v) is 3.06. The lowest BCUT2D eigenvalue weighted by Crippen LogP contribution is -2.06. The molecule has 0 saturated heterocycles. The second-order valence-electron chi connectivity index (χ2n) is 4.64. The quantitative estimate of drug-likeness (QED) is 0.788. The Kier molecular flexibility index (Phi) is 3.31. The molecule has 0 radical (unpaired) electrons. The van der Waals surface area contributed by atoms with Crippen LogP contribution in [0.3, 0.4) is 0 Å². The molecule has 4 nitrogen and oxygen atoms in total. The molecule has 0 aliphatic carbocycles. The Hall–Kier alpha value is -2.46. The minimum absolute atomic E-state index is 0.0780. The van der Waals surface area contributed by atoms with E-state index in [1.165, 1.54) is 0 Å². The van der Waals surface area contributed by atoms with Crippen LogP contribution in [-0.4, -0.2) is 9.97 Å². The highest BCUT2D eigenvalue weighted by Crippen LogP contribution is 2.28. The van der Waals surface area contributed by atoms with E-state index in [0.717, 1.165) is 22.3 Å². The molecule has 0 amide bonds. The SMILES string of the molecule is C[C@H](N)c1ccc(Oc2cccc3ncccc23)cn1. The molecular weight excluding hydrogens is 250 g/mol. The monoisotopic (exact) mass is 265 g/mol. The lowest BCUT2D eigenvalue weighted by molar-refractivity contribution is 0.485. The number of ether oxygens (including phenoxy) is 1. The van der Waals surface area contributed by atoms with E-state index in [1.54, 1.807) is 12.4 Å². The second kappa shape index (κ2) is 5.27. The summed E-state index contributed by atoms with van der Waals surface area (Å²) in [5, 5.41) is 0.978. The van der Waals surface area contributed by atoms with Crippen LogP contribution in [0.25, 0.3) is 10.9 Å². The molecule has 2 heterocycles. The first-order valence-corrected chi connectivity index (χ1v) is 6.47. The third-order valence-electron chi connectivity index (χ3n) is 3.06. The zero-order chi connectivity index (χ0) is 13.9. The normalized spacial score (nSPS) is 12.3. The molecule has 2 aromatic heterocycles. The van der Waals surface area contributed by atoms with Crippen LogP contribution in [0.2, 0.25) is 0 Å². The number of aromatic nitrogens is 2. The summed E-state index contributed by atoms with van der Waals surface area (Å²) in [4.78, 5) is 8.60. The highest BCUT2D eigenvalue weighted by Gasteiger charge is 2.05. The van der Waals surface area contributed by atoms with Gasteiger partial charge >= 0.3 is 0 Å².